The van der Waals surface area contributed by atoms with E-state index in [0.29, 0.717) is 21.8 Å². The van der Waals surface area contributed by atoms with Crippen LogP contribution in [0.5, 0.6) is 0 Å². The number of para-hydroxylation sites is 2. The van der Waals surface area contributed by atoms with Crippen molar-refractivity contribution in [1.29, 1.82) is 0 Å². The number of aromatic amines is 1. The second-order valence-corrected chi connectivity index (χ2v) is 5.49. The molecule has 1 aromatic heterocycles. The normalized spacial score (nSPS) is 11.1. The summed E-state index contributed by atoms with van der Waals surface area (Å²) >= 11 is 3.35. The Bertz CT molecular complexity index is 613. The zero-order valence-corrected chi connectivity index (χ0v) is 12.0. The van der Waals surface area contributed by atoms with Gasteiger partial charge >= 0.3 is 0 Å². The molecule has 1 aromatic carbocycles. The molecule has 2 rings (SSSR count). The third kappa shape index (κ3) is 2.36. The molecule has 0 bridgehead atoms. The average molecular weight is 310 g/mol. The predicted molar refractivity (Wildman–Crippen MR) is 77.0 cm³/mol. The van der Waals surface area contributed by atoms with E-state index in [1.807, 2.05) is 18.2 Å². The van der Waals surface area contributed by atoms with Gasteiger partial charge in [-0.15, -0.1) is 0 Å². The van der Waals surface area contributed by atoms with Crippen LogP contribution < -0.4 is 11.3 Å². The third-order valence-electron chi connectivity index (χ3n) is 2.69. The smallest absolute Gasteiger partial charge is 0.285 e. The molecule has 2 aromatic rings. The largest absolute Gasteiger partial charge is 0.397 e. The molecule has 0 radical (unpaired) electrons. The lowest BCUT2D eigenvalue weighted by Gasteiger charge is -2.05. The monoisotopic (exact) mass is 309 g/mol. The van der Waals surface area contributed by atoms with E-state index in [1.165, 1.54) is 4.68 Å². The number of nitrogens with two attached hydrogens (primary N) is 1. The predicted octanol–water partition coefficient (Wildman–Crippen LogP) is 2.71. The fourth-order valence-electron chi connectivity index (χ4n) is 1.87. The summed E-state index contributed by atoms with van der Waals surface area (Å²) in [5.74, 6) is 0.473. The van der Waals surface area contributed by atoms with E-state index >= 15 is 0 Å². The number of nitrogen functional groups attached to an aromatic ring is 1. The third-order valence-corrected chi connectivity index (χ3v) is 3.51. The number of aromatic nitrogens is 2. The number of hydrogen-bond acceptors (Lipinski definition) is 2. The van der Waals surface area contributed by atoms with Crippen LogP contribution in [0.15, 0.2) is 33.5 Å². The number of H-pyrrole nitrogens is 1. The van der Waals surface area contributed by atoms with Gasteiger partial charge in [-0.05, 0) is 40.4 Å². The minimum absolute atomic E-state index is 0.108. The van der Waals surface area contributed by atoms with Crippen LogP contribution >= 0.6 is 15.9 Å². The second-order valence-electron chi connectivity index (χ2n) is 4.70. The summed E-state index contributed by atoms with van der Waals surface area (Å²) in [5.41, 5.74) is 7.93. The number of hydrogen-bond donors (Lipinski definition) is 2. The van der Waals surface area contributed by atoms with Crippen molar-refractivity contribution in [1.82, 2.24) is 9.78 Å². The quantitative estimate of drug-likeness (QED) is 0.856. The molecule has 0 saturated heterocycles. The fraction of sp³-hybridized carbons (Fsp3) is 0.308. The highest BCUT2D eigenvalue weighted by Crippen LogP contribution is 2.19. The number of halogens is 1. The Balaban J connectivity index is 2.54. The molecule has 0 spiro atoms. The van der Waals surface area contributed by atoms with Gasteiger partial charge < -0.3 is 5.73 Å². The van der Waals surface area contributed by atoms with Crippen molar-refractivity contribution >= 4 is 21.6 Å². The van der Waals surface area contributed by atoms with Gasteiger partial charge in [-0.2, -0.15) is 0 Å². The van der Waals surface area contributed by atoms with Gasteiger partial charge in [0.15, 0.2) is 0 Å². The van der Waals surface area contributed by atoms with Gasteiger partial charge in [0.2, 0.25) is 0 Å². The Morgan fingerprint density at radius 2 is 2.06 bits per heavy atom. The highest BCUT2D eigenvalue weighted by molar-refractivity contribution is 9.10. The van der Waals surface area contributed by atoms with Gasteiger partial charge in [0.1, 0.15) is 4.47 Å². The molecule has 5 heteroatoms. The minimum Gasteiger partial charge on any atom is -0.397 e. The molecule has 0 aliphatic rings. The second kappa shape index (κ2) is 5.02. The van der Waals surface area contributed by atoms with E-state index < -0.39 is 0 Å². The summed E-state index contributed by atoms with van der Waals surface area (Å²) in [4.78, 5) is 12.2. The summed E-state index contributed by atoms with van der Waals surface area (Å²) in [6, 6.07) is 7.29. The van der Waals surface area contributed by atoms with Gasteiger partial charge in [0.05, 0.1) is 17.1 Å². The molecular weight excluding hydrogens is 294 g/mol. The van der Waals surface area contributed by atoms with Crippen molar-refractivity contribution in [2.24, 2.45) is 5.92 Å². The van der Waals surface area contributed by atoms with Crippen molar-refractivity contribution in [3.05, 3.63) is 44.8 Å². The van der Waals surface area contributed by atoms with E-state index in [4.69, 9.17) is 5.73 Å². The van der Waals surface area contributed by atoms with Crippen LogP contribution in [0.25, 0.3) is 5.69 Å². The van der Waals surface area contributed by atoms with Crippen LogP contribution in [0.3, 0.4) is 0 Å². The lowest BCUT2D eigenvalue weighted by atomic mass is 10.1. The number of nitrogens with one attached hydrogen (secondary N) is 1. The summed E-state index contributed by atoms with van der Waals surface area (Å²) in [6.45, 7) is 4.22. The topological polar surface area (TPSA) is 63.8 Å². The Kier molecular flexibility index (Phi) is 3.61. The summed E-state index contributed by atoms with van der Waals surface area (Å²) in [7, 11) is 0. The van der Waals surface area contributed by atoms with Gasteiger partial charge in [-0.3, -0.25) is 9.89 Å². The number of anilines is 1. The first-order valence-corrected chi connectivity index (χ1v) is 6.64. The van der Waals surface area contributed by atoms with Crippen molar-refractivity contribution in [3.8, 4) is 5.69 Å². The van der Waals surface area contributed by atoms with E-state index in [9.17, 15) is 4.79 Å². The van der Waals surface area contributed by atoms with Gasteiger partial charge in [0.25, 0.3) is 5.56 Å². The average Bonchev–Trinajstić information content (AvgIpc) is 2.58. The van der Waals surface area contributed by atoms with Crippen molar-refractivity contribution in [2.75, 3.05) is 5.73 Å². The first kappa shape index (κ1) is 13.0. The number of benzene rings is 1. The molecule has 0 unspecified atom stereocenters. The van der Waals surface area contributed by atoms with Crippen molar-refractivity contribution in [3.63, 3.8) is 0 Å². The standard InChI is InChI=1S/C13H16BrN3O/c1-8(2)7-10-12(14)13(18)17(16-10)11-6-4-3-5-9(11)15/h3-6,8,16H,7,15H2,1-2H3. The molecular formula is C13H16BrN3O. The van der Waals surface area contributed by atoms with Gasteiger partial charge in [-0.1, -0.05) is 26.0 Å². The van der Waals surface area contributed by atoms with E-state index in [1.54, 1.807) is 6.07 Å². The molecule has 18 heavy (non-hydrogen) atoms. The lowest BCUT2D eigenvalue weighted by molar-refractivity contribution is 0.626. The molecule has 0 atom stereocenters. The first-order valence-electron chi connectivity index (χ1n) is 5.85. The van der Waals surface area contributed by atoms with Crippen molar-refractivity contribution < 1.29 is 0 Å². The van der Waals surface area contributed by atoms with Crippen LogP contribution in [0.4, 0.5) is 5.69 Å². The van der Waals surface area contributed by atoms with Crippen LogP contribution in [-0.2, 0) is 6.42 Å². The minimum atomic E-state index is -0.108. The summed E-state index contributed by atoms with van der Waals surface area (Å²) in [6.07, 6.45) is 0.815. The van der Waals surface area contributed by atoms with Crippen LogP contribution in [0, 0.1) is 5.92 Å². The molecule has 1 heterocycles. The Morgan fingerprint density at radius 3 is 2.67 bits per heavy atom. The molecule has 0 fully saturated rings. The molecule has 96 valence electrons. The zero-order valence-electron chi connectivity index (χ0n) is 10.4. The van der Waals surface area contributed by atoms with E-state index in [0.717, 1.165) is 12.1 Å². The van der Waals surface area contributed by atoms with Crippen LogP contribution in [-0.4, -0.2) is 9.78 Å². The maximum atomic E-state index is 12.2. The number of nitrogens with zero attached hydrogens (tertiary/aromatic N) is 1. The molecule has 0 amide bonds. The zero-order chi connectivity index (χ0) is 13.3. The molecule has 0 saturated carbocycles. The lowest BCUT2D eigenvalue weighted by Crippen LogP contribution is -2.16. The SMILES string of the molecule is CC(C)Cc1[nH]n(-c2ccccc2N)c(=O)c1Br. The summed E-state index contributed by atoms with van der Waals surface area (Å²) < 4.78 is 2.07. The molecule has 3 N–H and O–H groups in total. The first-order chi connectivity index (χ1) is 8.50. The molecule has 0 aliphatic carbocycles. The Labute approximate surface area is 114 Å². The Hall–Kier alpha value is -1.49. The van der Waals surface area contributed by atoms with Gasteiger partial charge in [0, 0.05) is 0 Å². The van der Waals surface area contributed by atoms with Crippen molar-refractivity contribution in [2.45, 2.75) is 20.3 Å². The number of rotatable bonds is 3. The molecule has 0 aliphatic heterocycles. The highest BCUT2D eigenvalue weighted by atomic mass is 79.9. The van der Waals surface area contributed by atoms with E-state index in [-0.39, 0.29) is 5.56 Å². The molecule has 4 nitrogen and oxygen atoms in total. The highest BCUT2D eigenvalue weighted by Gasteiger charge is 2.14. The fourth-order valence-corrected chi connectivity index (χ4v) is 2.29. The maximum Gasteiger partial charge on any atom is 0.285 e. The van der Waals surface area contributed by atoms with Crippen LogP contribution in [0.1, 0.15) is 19.5 Å². The van der Waals surface area contributed by atoms with Gasteiger partial charge in [-0.25, -0.2) is 4.68 Å². The van der Waals surface area contributed by atoms with E-state index in [2.05, 4.69) is 34.9 Å². The Morgan fingerprint density at radius 1 is 1.39 bits per heavy atom. The maximum absolute atomic E-state index is 12.2. The summed E-state index contributed by atoms with van der Waals surface area (Å²) in [5, 5.41) is 3.12. The van der Waals surface area contributed by atoms with Crippen LogP contribution in [0.2, 0.25) is 0 Å².